The number of rotatable bonds is 4. The lowest BCUT2D eigenvalue weighted by Gasteiger charge is -2.07. The third kappa shape index (κ3) is 2.58. The van der Waals surface area contributed by atoms with E-state index in [4.69, 9.17) is 20.5 Å². The fraction of sp³-hybridized carbons (Fsp3) is 0.0769. The summed E-state index contributed by atoms with van der Waals surface area (Å²) in [5.41, 5.74) is 0.313. The van der Waals surface area contributed by atoms with Crippen LogP contribution in [0.1, 0.15) is 0 Å². The Bertz CT molecular complexity index is 939. The van der Waals surface area contributed by atoms with E-state index in [1.165, 1.54) is 31.8 Å². The first-order chi connectivity index (χ1) is 10.5. The van der Waals surface area contributed by atoms with Crippen molar-refractivity contribution in [3.63, 3.8) is 0 Å². The van der Waals surface area contributed by atoms with Gasteiger partial charge in [0.25, 0.3) is 0 Å². The van der Waals surface area contributed by atoms with Crippen LogP contribution in [0.15, 0.2) is 41.7 Å². The average molecular weight is 340 g/mol. The lowest BCUT2D eigenvalue weighted by Crippen LogP contribution is -2.09. The molecule has 0 aliphatic heterocycles. The first-order valence-corrected chi connectivity index (χ1v) is 7.86. The van der Waals surface area contributed by atoms with Gasteiger partial charge in [-0.1, -0.05) is 17.7 Å². The second kappa shape index (κ2) is 5.47. The molecule has 3 rings (SSSR count). The van der Waals surface area contributed by atoms with Crippen molar-refractivity contribution in [2.24, 2.45) is 0 Å². The lowest BCUT2D eigenvalue weighted by molar-refractivity contribution is 0.411. The van der Waals surface area contributed by atoms with Crippen LogP contribution in [0.3, 0.4) is 0 Å². The monoisotopic (exact) mass is 339 g/mol. The second-order valence-corrected chi connectivity index (χ2v) is 6.13. The number of hydrogen-bond acceptors (Lipinski definition) is 6. The summed E-state index contributed by atoms with van der Waals surface area (Å²) < 4.78 is 35.0. The van der Waals surface area contributed by atoms with E-state index in [2.05, 4.69) is 15.0 Å². The Morgan fingerprint density at radius 1 is 1.23 bits per heavy atom. The van der Waals surface area contributed by atoms with Gasteiger partial charge < -0.3 is 13.9 Å². The molecule has 0 radical (unpaired) electrons. The van der Waals surface area contributed by atoms with E-state index in [1.807, 2.05) is 0 Å². The molecule has 0 unspecified atom stereocenters. The number of benzene rings is 1. The molecule has 2 heterocycles. The molecular formula is C13H10ClN3O4S. The number of halogens is 1. The predicted molar refractivity (Wildman–Crippen MR) is 79.7 cm³/mol. The van der Waals surface area contributed by atoms with Gasteiger partial charge in [-0.15, -0.1) is 0 Å². The van der Waals surface area contributed by atoms with E-state index in [0.717, 1.165) is 0 Å². The Kier molecular flexibility index (Phi) is 3.63. The van der Waals surface area contributed by atoms with Crippen molar-refractivity contribution in [2.75, 3.05) is 7.11 Å². The Morgan fingerprint density at radius 3 is 2.77 bits per heavy atom. The van der Waals surface area contributed by atoms with Gasteiger partial charge in [0.2, 0.25) is 0 Å². The Labute approximate surface area is 131 Å². The predicted octanol–water partition coefficient (Wildman–Crippen LogP) is 2.39. The molecule has 9 heteroatoms. The van der Waals surface area contributed by atoms with E-state index >= 15 is 0 Å². The minimum Gasteiger partial charge on any atom is -0.497 e. The second-order valence-electron chi connectivity index (χ2n) is 4.26. The smallest absolute Gasteiger partial charge is 0.341 e. The number of nitrogens with zero attached hydrogens (tertiary/aromatic N) is 2. The maximum Gasteiger partial charge on any atom is 0.341 e. The van der Waals surface area contributed by atoms with Crippen LogP contribution in [0.5, 0.6) is 11.5 Å². The zero-order valence-electron chi connectivity index (χ0n) is 11.3. The minimum absolute atomic E-state index is 0.0269. The Balaban J connectivity index is 2.05. The number of methoxy groups -OCH3 is 1. The molecule has 1 N–H and O–H groups in total. The molecule has 0 fully saturated rings. The lowest BCUT2D eigenvalue weighted by atomic mass is 10.3. The van der Waals surface area contributed by atoms with Crippen molar-refractivity contribution in [2.45, 2.75) is 4.90 Å². The fourth-order valence-corrected chi connectivity index (χ4v) is 3.30. The van der Waals surface area contributed by atoms with Crippen molar-refractivity contribution in [3.05, 3.63) is 41.9 Å². The normalized spacial score (nSPS) is 11.5. The van der Waals surface area contributed by atoms with Gasteiger partial charge in [-0.25, -0.2) is 9.97 Å². The van der Waals surface area contributed by atoms with Gasteiger partial charge in [-0.3, -0.25) is 0 Å². The van der Waals surface area contributed by atoms with Crippen LogP contribution in [-0.4, -0.2) is 30.5 Å². The summed E-state index contributed by atoms with van der Waals surface area (Å²) >= 11 is 5.95. The molecule has 0 amide bonds. The van der Waals surface area contributed by atoms with Gasteiger partial charge in [0.15, 0.2) is 0 Å². The van der Waals surface area contributed by atoms with E-state index < -0.39 is 10.1 Å². The molecular weight excluding hydrogens is 330 g/mol. The standard InChI is InChI=1S/C13H10ClN3O4S/c1-20-8-3-2-4-9(5-8)21-22(18,19)10-6-15-13-11(10)12(14)16-7-17-13/h2-7H,1H3,(H,15,16,17). The molecule has 2 aromatic heterocycles. The van der Waals surface area contributed by atoms with E-state index in [9.17, 15) is 8.42 Å². The molecule has 7 nitrogen and oxygen atoms in total. The maximum absolute atomic E-state index is 12.4. The molecule has 0 aliphatic carbocycles. The zero-order valence-corrected chi connectivity index (χ0v) is 12.9. The maximum atomic E-state index is 12.4. The van der Waals surface area contributed by atoms with Crippen LogP contribution in [-0.2, 0) is 10.1 Å². The highest BCUT2D eigenvalue weighted by Gasteiger charge is 2.24. The van der Waals surface area contributed by atoms with Crippen LogP contribution in [0, 0.1) is 0 Å². The largest absolute Gasteiger partial charge is 0.497 e. The van der Waals surface area contributed by atoms with E-state index in [0.29, 0.717) is 11.4 Å². The number of aromatic amines is 1. The zero-order chi connectivity index (χ0) is 15.7. The molecule has 0 saturated carbocycles. The van der Waals surface area contributed by atoms with Gasteiger partial charge in [-0.05, 0) is 12.1 Å². The molecule has 0 atom stereocenters. The Morgan fingerprint density at radius 2 is 2.00 bits per heavy atom. The molecule has 0 aliphatic rings. The molecule has 0 bridgehead atoms. The summed E-state index contributed by atoms with van der Waals surface area (Å²) in [7, 11) is -2.62. The van der Waals surface area contributed by atoms with Crippen LogP contribution < -0.4 is 8.92 Å². The minimum atomic E-state index is -4.10. The summed E-state index contributed by atoms with van der Waals surface area (Å²) in [4.78, 5) is 10.3. The van der Waals surface area contributed by atoms with Crippen LogP contribution in [0.4, 0.5) is 0 Å². The number of fused-ring (bicyclic) bond motifs is 1. The van der Waals surface area contributed by atoms with Crippen molar-refractivity contribution in [3.8, 4) is 11.5 Å². The van der Waals surface area contributed by atoms with Gasteiger partial charge in [-0.2, -0.15) is 8.42 Å². The van der Waals surface area contributed by atoms with Crippen molar-refractivity contribution in [1.82, 2.24) is 15.0 Å². The summed E-state index contributed by atoms with van der Waals surface area (Å²) in [6.45, 7) is 0. The first kappa shape index (κ1) is 14.6. The highest BCUT2D eigenvalue weighted by Crippen LogP contribution is 2.29. The molecule has 114 valence electrons. The van der Waals surface area contributed by atoms with E-state index in [1.54, 1.807) is 12.1 Å². The summed E-state index contributed by atoms with van der Waals surface area (Å²) in [5, 5.41) is 0.214. The van der Waals surface area contributed by atoms with Gasteiger partial charge in [0.05, 0.1) is 12.5 Å². The van der Waals surface area contributed by atoms with Crippen molar-refractivity contribution >= 4 is 32.8 Å². The summed E-state index contributed by atoms with van der Waals surface area (Å²) in [6, 6.07) is 6.27. The van der Waals surface area contributed by atoms with Crippen LogP contribution >= 0.6 is 11.6 Å². The molecule has 1 aromatic carbocycles. The molecule has 0 spiro atoms. The van der Waals surface area contributed by atoms with Crippen molar-refractivity contribution in [1.29, 1.82) is 0 Å². The van der Waals surface area contributed by atoms with Gasteiger partial charge in [0.1, 0.15) is 33.5 Å². The highest BCUT2D eigenvalue weighted by atomic mass is 35.5. The highest BCUT2D eigenvalue weighted by molar-refractivity contribution is 7.87. The third-order valence-electron chi connectivity index (χ3n) is 2.90. The quantitative estimate of drug-likeness (QED) is 0.579. The first-order valence-electron chi connectivity index (χ1n) is 6.07. The summed E-state index contributed by atoms with van der Waals surface area (Å²) in [5.74, 6) is 0.606. The SMILES string of the molecule is COc1cccc(OS(=O)(=O)c2c[nH]c3ncnc(Cl)c23)c1. The van der Waals surface area contributed by atoms with Crippen molar-refractivity contribution < 1.29 is 17.3 Å². The van der Waals surface area contributed by atoms with Gasteiger partial charge >= 0.3 is 10.1 Å². The Hall–Kier alpha value is -2.32. The number of aromatic nitrogens is 3. The number of hydrogen-bond donors (Lipinski definition) is 1. The third-order valence-corrected chi connectivity index (χ3v) is 4.46. The molecule has 0 saturated heterocycles. The number of nitrogens with one attached hydrogen (secondary N) is 1. The fourth-order valence-electron chi connectivity index (χ4n) is 1.92. The molecule has 3 aromatic rings. The van der Waals surface area contributed by atoms with Crippen LogP contribution in [0.25, 0.3) is 11.0 Å². The molecule has 22 heavy (non-hydrogen) atoms. The average Bonchev–Trinajstić information content (AvgIpc) is 2.93. The summed E-state index contributed by atoms with van der Waals surface area (Å²) in [6.07, 6.45) is 2.50. The van der Waals surface area contributed by atoms with E-state index in [-0.39, 0.29) is 21.2 Å². The number of H-pyrrole nitrogens is 1. The number of ether oxygens (including phenoxy) is 1. The van der Waals surface area contributed by atoms with Crippen LogP contribution in [0.2, 0.25) is 5.15 Å². The topological polar surface area (TPSA) is 94.2 Å². The van der Waals surface area contributed by atoms with Gasteiger partial charge in [0, 0.05) is 12.3 Å².